The van der Waals surface area contributed by atoms with Crippen molar-refractivity contribution in [3.05, 3.63) is 59.9 Å². The highest BCUT2D eigenvalue weighted by Crippen LogP contribution is 2.24. The number of aromatic carboxylic acids is 1. The van der Waals surface area contributed by atoms with E-state index in [1.165, 1.54) is 12.1 Å². The van der Waals surface area contributed by atoms with Crippen LogP contribution in [0.1, 0.15) is 48.2 Å². The number of aryl methyl sites for hydroxylation is 1. The molecular formula is C29H33N5O5. The van der Waals surface area contributed by atoms with E-state index in [1.807, 2.05) is 36.1 Å². The van der Waals surface area contributed by atoms with Crippen molar-refractivity contribution in [3.63, 3.8) is 0 Å². The van der Waals surface area contributed by atoms with Crippen LogP contribution in [-0.4, -0.2) is 70.9 Å². The van der Waals surface area contributed by atoms with Crippen LogP contribution >= 0.6 is 0 Å². The number of benzene rings is 2. The van der Waals surface area contributed by atoms with Gasteiger partial charge in [-0.25, -0.2) is 9.79 Å². The lowest BCUT2D eigenvalue weighted by Gasteiger charge is -2.25. The Morgan fingerprint density at radius 3 is 2.41 bits per heavy atom. The van der Waals surface area contributed by atoms with Crippen molar-refractivity contribution in [3.8, 4) is 0 Å². The molecule has 2 aliphatic heterocycles. The molecule has 2 saturated heterocycles. The highest BCUT2D eigenvalue weighted by atomic mass is 16.4. The molecule has 1 atom stereocenters. The van der Waals surface area contributed by atoms with Crippen LogP contribution in [0.5, 0.6) is 0 Å². The van der Waals surface area contributed by atoms with Gasteiger partial charge >= 0.3 is 5.97 Å². The van der Waals surface area contributed by atoms with Crippen LogP contribution in [0.3, 0.4) is 0 Å². The number of nitrogens with zero attached hydrogens (tertiary/aromatic N) is 3. The lowest BCUT2D eigenvalue weighted by molar-refractivity contribution is -0.140. The third kappa shape index (κ3) is 6.39. The van der Waals surface area contributed by atoms with Gasteiger partial charge in [-0.15, -0.1) is 0 Å². The van der Waals surface area contributed by atoms with Crippen molar-refractivity contribution in [2.75, 3.05) is 36.8 Å². The molecule has 1 aromatic heterocycles. The maximum atomic E-state index is 13.5. The maximum absolute atomic E-state index is 13.5. The Morgan fingerprint density at radius 2 is 1.67 bits per heavy atom. The fourth-order valence-corrected chi connectivity index (χ4v) is 5.07. The monoisotopic (exact) mass is 531 g/mol. The summed E-state index contributed by atoms with van der Waals surface area (Å²) in [5, 5.41) is 16.7. The van der Waals surface area contributed by atoms with Crippen LogP contribution < -0.4 is 10.6 Å². The number of fused-ring (bicyclic) bond motifs is 1. The maximum Gasteiger partial charge on any atom is 0.335 e. The van der Waals surface area contributed by atoms with Gasteiger partial charge in [0.1, 0.15) is 17.4 Å². The van der Waals surface area contributed by atoms with Crippen molar-refractivity contribution in [1.29, 1.82) is 0 Å². The van der Waals surface area contributed by atoms with Gasteiger partial charge in [0.05, 0.1) is 12.1 Å². The van der Waals surface area contributed by atoms with Gasteiger partial charge in [-0.3, -0.25) is 9.59 Å². The van der Waals surface area contributed by atoms with E-state index in [9.17, 15) is 19.5 Å². The average molecular weight is 532 g/mol. The largest absolute Gasteiger partial charge is 0.478 e. The number of aliphatic imine (C=N–C) groups is 1. The molecule has 2 fully saturated rings. The number of furan rings is 1. The molecule has 0 spiro atoms. The van der Waals surface area contributed by atoms with E-state index in [0.29, 0.717) is 24.6 Å². The molecule has 2 aliphatic rings. The number of carbonyl (C=O) groups excluding carboxylic acids is 2. The van der Waals surface area contributed by atoms with Gasteiger partial charge in [0.2, 0.25) is 17.8 Å². The first kappa shape index (κ1) is 26.3. The average Bonchev–Trinajstić information content (AvgIpc) is 3.55. The van der Waals surface area contributed by atoms with Gasteiger partial charge < -0.3 is 30.0 Å². The van der Waals surface area contributed by atoms with Crippen LogP contribution in [-0.2, 0) is 9.59 Å². The molecule has 3 N–H and O–H groups in total. The Bertz CT molecular complexity index is 1390. The molecular weight excluding hydrogens is 498 g/mol. The summed E-state index contributed by atoms with van der Waals surface area (Å²) in [5.41, 5.74) is 2.31. The van der Waals surface area contributed by atoms with Crippen molar-refractivity contribution in [2.24, 2.45) is 4.99 Å². The van der Waals surface area contributed by atoms with Crippen LogP contribution in [0.25, 0.3) is 11.0 Å². The van der Waals surface area contributed by atoms with E-state index in [0.717, 1.165) is 61.2 Å². The number of carboxylic acid groups (broad SMARTS) is 1. The molecule has 10 heteroatoms. The molecule has 2 amide bonds. The van der Waals surface area contributed by atoms with Crippen LogP contribution in [0.15, 0.2) is 57.9 Å². The Labute approximate surface area is 226 Å². The fraction of sp³-hybridized carbons (Fsp3) is 0.379. The van der Waals surface area contributed by atoms with E-state index in [4.69, 9.17) is 9.41 Å². The van der Waals surface area contributed by atoms with Crippen molar-refractivity contribution in [1.82, 2.24) is 9.80 Å². The molecule has 5 rings (SSSR count). The predicted molar refractivity (Wildman–Crippen MR) is 149 cm³/mol. The number of carboxylic acids is 1. The lowest BCUT2D eigenvalue weighted by Crippen LogP contribution is -2.45. The number of guanidine groups is 1. The number of rotatable bonds is 6. The first-order chi connectivity index (χ1) is 18.9. The summed E-state index contributed by atoms with van der Waals surface area (Å²) in [5.74, 6) is -0.0265. The summed E-state index contributed by atoms with van der Waals surface area (Å²) < 4.78 is 5.68. The third-order valence-electron chi connectivity index (χ3n) is 7.12. The SMILES string of the molecule is Cc1cc2cc(NC(=NC3CCCCN(CC(=O)N4CCCC4)C3=O)Nc3ccc(C(=O)O)cc3)ccc2o1. The van der Waals surface area contributed by atoms with Gasteiger partial charge in [0, 0.05) is 36.4 Å². The highest BCUT2D eigenvalue weighted by molar-refractivity contribution is 6.06. The minimum Gasteiger partial charge on any atom is -0.478 e. The molecule has 0 radical (unpaired) electrons. The molecule has 0 aliphatic carbocycles. The van der Waals surface area contributed by atoms with Crippen LogP contribution in [0.4, 0.5) is 11.4 Å². The number of anilines is 2. The second kappa shape index (κ2) is 11.6. The zero-order valence-corrected chi connectivity index (χ0v) is 22.0. The van der Waals surface area contributed by atoms with Gasteiger partial charge in [-0.1, -0.05) is 0 Å². The molecule has 3 aromatic rings. The molecule has 1 unspecified atom stereocenters. The Balaban J connectivity index is 1.40. The zero-order valence-electron chi connectivity index (χ0n) is 22.0. The van der Waals surface area contributed by atoms with Crippen molar-refractivity contribution in [2.45, 2.75) is 45.1 Å². The summed E-state index contributed by atoms with van der Waals surface area (Å²) in [7, 11) is 0. The smallest absolute Gasteiger partial charge is 0.335 e. The summed E-state index contributed by atoms with van der Waals surface area (Å²) in [6.45, 7) is 4.01. The van der Waals surface area contributed by atoms with Gasteiger partial charge in [0.15, 0.2) is 0 Å². The first-order valence-electron chi connectivity index (χ1n) is 13.4. The third-order valence-corrected chi connectivity index (χ3v) is 7.12. The van der Waals surface area contributed by atoms with E-state index < -0.39 is 12.0 Å². The van der Waals surface area contributed by atoms with Crippen LogP contribution in [0, 0.1) is 6.92 Å². The van der Waals surface area contributed by atoms with E-state index in [1.54, 1.807) is 17.0 Å². The number of amides is 2. The fourth-order valence-electron chi connectivity index (χ4n) is 5.07. The summed E-state index contributed by atoms with van der Waals surface area (Å²) >= 11 is 0. The summed E-state index contributed by atoms with van der Waals surface area (Å²) in [6, 6.07) is 13.3. The highest BCUT2D eigenvalue weighted by Gasteiger charge is 2.30. The second-order valence-electron chi connectivity index (χ2n) is 10.1. The molecule has 2 aromatic carbocycles. The van der Waals surface area contributed by atoms with Gasteiger partial charge in [-0.05, 0) is 87.6 Å². The number of hydrogen-bond donors (Lipinski definition) is 3. The summed E-state index contributed by atoms with van der Waals surface area (Å²) in [6.07, 6.45) is 4.21. The molecule has 39 heavy (non-hydrogen) atoms. The van der Waals surface area contributed by atoms with Crippen molar-refractivity contribution < 1.29 is 23.9 Å². The van der Waals surface area contributed by atoms with Crippen LogP contribution in [0.2, 0.25) is 0 Å². The number of nitrogens with one attached hydrogen (secondary N) is 2. The minimum atomic E-state index is -1.01. The first-order valence-corrected chi connectivity index (χ1v) is 13.4. The Kier molecular flexibility index (Phi) is 7.81. The van der Waals surface area contributed by atoms with Gasteiger partial charge in [0.25, 0.3) is 0 Å². The molecule has 3 heterocycles. The predicted octanol–water partition coefficient (Wildman–Crippen LogP) is 4.32. The normalized spacial score (nSPS) is 18.3. The van der Waals surface area contributed by atoms with Gasteiger partial charge in [-0.2, -0.15) is 0 Å². The molecule has 0 saturated carbocycles. The van der Waals surface area contributed by atoms with E-state index >= 15 is 0 Å². The molecule has 10 nitrogen and oxygen atoms in total. The molecule has 0 bridgehead atoms. The molecule has 204 valence electrons. The number of likely N-dealkylation sites (tertiary alicyclic amines) is 2. The van der Waals surface area contributed by atoms with Crippen molar-refractivity contribution >= 4 is 46.1 Å². The minimum absolute atomic E-state index is 0.0100. The number of hydrogen-bond acceptors (Lipinski definition) is 5. The Morgan fingerprint density at radius 1 is 0.974 bits per heavy atom. The topological polar surface area (TPSA) is 127 Å². The number of carbonyl (C=O) groups is 3. The summed E-state index contributed by atoms with van der Waals surface area (Å²) in [4.78, 5) is 45.9. The zero-order chi connectivity index (χ0) is 27.4. The second-order valence-corrected chi connectivity index (χ2v) is 10.1. The Hall–Kier alpha value is -4.34. The standard InChI is InChI=1S/C29H33N5O5/c1-19-16-21-17-23(11-12-25(21)39-19)31-29(30-22-9-7-20(8-10-22)28(37)38)32-24-6-2-3-15-34(27(24)36)18-26(35)33-13-4-5-14-33/h7-12,16-17,24H,2-6,13-15,18H2,1H3,(H,37,38)(H2,30,31,32). The van der Waals surface area contributed by atoms with E-state index in [2.05, 4.69) is 10.6 Å². The quantitative estimate of drug-likeness (QED) is 0.319. The lowest BCUT2D eigenvalue weighted by atomic mass is 10.1. The van der Waals surface area contributed by atoms with E-state index in [-0.39, 0.29) is 23.9 Å².